The van der Waals surface area contributed by atoms with Crippen molar-refractivity contribution >= 4 is 32.3 Å². The number of fused-ring (bicyclic) bond motifs is 1. The summed E-state index contributed by atoms with van der Waals surface area (Å²) in [6.45, 7) is 6.27. The molecule has 172 valence electrons. The topological polar surface area (TPSA) is 69.3 Å². The van der Waals surface area contributed by atoms with Crippen molar-refractivity contribution in [2.75, 3.05) is 31.9 Å². The molecule has 4 heterocycles. The van der Waals surface area contributed by atoms with Gasteiger partial charge in [0.2, 0.25) is 10.0 Å². The van der Waals surface area contributed by atoms with E-state index in [4.69, 9.17) is 4.98 Å². The molecule has 3 aromatic rings. The van der Waals surface area contributed by atoms with Crippen LogP contribution in [0.15, 0.2) is 29.8 Å². The zero-order valence-corrected chi connectivity index (χ0v) is 20.3. The van der Waals surface area contributed by atoms with Gasteiger partial charge < -0.3 is 4.98 Å². The first-order valence-corrected chi connectivity index (χ1v) is 14.3. The third-order valence-electron chi connectivity index (χ3n) is 7.02. The van der Waals surface area contributed by atoms with Crippen LogP contribution in [0, 0.1) is 0 Å². The van der Waals surface area contributed by atoms with E-state index in [1.807, 2.05) is 0 Å². The SMILES string of the molecule is CCS(=O)(=O)N1CCC(c2c[nH]c3ccc(-c4csc(CN5CCCCC5)n4)cc23)CC1. The van der Waals surface area contributed by atoms with Crippen LogP contribution >= 0.6 is 11.3 Å². The number of aromatic nitrogens is 2. The summed E-state index contributed by atoms with van der Waals surface area (Å²) in [5.74, 6) is 0.564. The van der Waals surface area contributed by atoms with Crippen molar-refractivity contribution in [3.8, 4) is 11.3 Å². The Morgan fingerprint density at radius 1 is 1.12 bits per heavy atom. The second-order valence-electron chi connectivity index (χ2n) is 9.04. The van der Waals surface area contributed by atoms with Crippen molar-refractivity contribution in [2.45, 2.75) is 51.5 Å². The Balaban J connectivity index is 1.33. The number of hydrogen-bond acceptors (Lipinski definition) is 5. The van der Waals surface area contributed by atoms with E-state index in [0.717, 1.165) is 36.2 Å². The summed E-state index contributed by atoms with van der Waals surface area (Å²) in [6.07, 6.45) is 7.81. The molecule has 0 spiro atoms. The van der Waals surface area contributed by atoms with E-state index in [1.54, 1.807) is 22.6 Å². The Morgan fingerprint density at radius 2 is 1.91 bits per heavy atom. The quantitative estimate of drug-likeness (QED) is 0.559. The fraction of sp³-hybridized carbons (Fsp3) is 0.542. The molecule has 8 heteroatoms. The Bertz CT molecular complexity index is 1170. The van der Waals surface area contributed by atoms with Gasteiger partial charge in [0, 0.05) is 41.1 Å². The van der Waals surface area contributed by atoms with Crippen LogP contribution in [0.1, 0.15) is 55.5 Å². The van der Waals surface area contributed by atoms with E-state index in [0.29, 0.717) is 19.0 Å². The number of piperidine rings is 2. The third kappa shape index (κ3) is 4.51. The monoisotopic (exact) mass is 472 g/mol. The summed E-state index contributed by atoms with van der Waals surface area (Å²) in [5.41, 5.74) is 4.65. The minimum atomic E-state index is -3.09. The average Bonchev–Trinajstić information content (AvgIpc) is 3.46. The van der Waals surface area contributed by atoms with E-state index in [2.05, 4.69) is 39.7 Å². The van der Waals surface area contributed by atoms with Crippen LogP contribution in [0.5, 0.6) is 0 Å². The molecule has 1 aromatic carbocycles. The molecule has 2 aromatic heterocycles. The molecule has 2 aliphatic heterocycles. The molecule has 5 rings (SSSR count). The maximum Gasteiger partial charge on any atom is 0.213 e. The van der Waals surface area contributed by atoms with Crippen LogP contribution in [0.4, 0.5) is 0 Å². The lowest BCUT2D eigenvalue weighted by atomic mass is 9.89. The number of benzene rings is 1. The predicted octanol–water partition coefficient (Wildman–Crippen LogP) is 4.81. The molecule has 2 fully saturated rings. The van der Waals surface area contributed by atoms with Gasteiger partial charge in [-0.25, -0.2) is 17.7 Å². The molecular formula is C24H32N4O2S2. The number of nitrogens with zero attached hydrogens (tertiary/aromatic N) is 3. The first kappa shape index (κ1) is 22.1. The second-order valence-corrected chi connectivity index (χ2v) is 12.2. The number of sulfonamides is 1. The molecule has 2 saturated heterocycles. The van der Waals surface area contributed by atoms with Gasteiger partial charge in [-0.15, -0.1) is 11.3 Å². The second kappa shape index (κ2) is 9.25. The summed E-state index contributed by atoms with van der Waals surface area (Å²) >= 11 is 1.76. The number of nitrogens with one attached hydrogen (secondary N) is 1. The predicted molar refractivity (Wildman–Crippen MR) is 132 cm³/mol. The summed E-state index contributed by atoms with van der Waals surface area (Å²) in [4.78, 5) is 10.9. The molecule has 0 saturated carbocycles. The maximum atomic E-state index is 12.2. The van der Waals surface area contributed by atoms with Crippen molar-refractivity contribution in [1.29, 1.82) is 0 Å². The number of aromatic amines is 1. The number of likely N-dealkylation sites (tertiary alicyclic amines) is 1. The van der Waals surface area contributed by atoms with Gasteiger partial charge in [0.25, 0.3) is 0 Å². The van der Waals surface area contributed by atoms with Gasteiger partial charge in [-0.1, -0.05) is 12.5 Å². The van der Waals surface area contributed by atoms with E-state index >= 15 is 0 Å². The molecule has 32 heavy (non-hydrogen) atoms. The molecule has 0 radical (unpaired) electrons. The van der Waals surface area contributed by atoms with Crippen LogP contribution in [-0.4, -0.2) is 59.5 Å². The highest BCUT2D eigenvalue weighted by Crippen LogP contribution is 2.36. The van der Waals surface area contributed by atoms with E-state index in [9.17, 15) is 8.42 Å². The van der Waals surface area contributed by atoms with Gasteiger partial charge in [0.05, 0.1) is 18.0 Å². The number of hydrogen-bond donors (Lipinski definition) is 1. The Morgan fingerprint density at radius 3 is 2.66 bits per heavy atom. The van der Waals surface area contributed by atoms with Crippen molar-refractivity contribution in [2.24, 2.45) is 0 Å². The van der Waals surface area contributed by atoms with Crippen molar-refractivity contribution in [3.63, 3.8) is 0 Å². The lowest BCUT2D eigenvalue weighted by molar-refractivity contribution is 0.220. The molecule has 1 N–H and O–H groups in total. The lowest BCUT2D eigenvalue weighted by Gasteiger charge is -2.30. The highest BCUT2D eigenvalue weighted by atomic mass is 32.2. The van der Waals surface area contributed by atoms with Crippen LogP contribution in [-0.2, 0) is 16.6 Å². The minimum Gasteiger partial charge on any atom is -0.361 e. The molecule has 6 nitrogen and oxygen atoms in total. The van der Waals surface area contributed by atoms with Gasteiger partial charge in [-0.3, -0.25) is 4.90 Å². The van der Waals surface area contributed by atoms with Crippen molar-refractivity contribution in [1.82, 2.24) is 19.2 Å². The zero-order chi connectivity index (χ0) is 22.1. The van der Waals surface area contributed by atoms with Gasteiger partial charge >= 0.3 is 0 Å². The third-order valence-corrected chi connectivity index (χ3v) is 9.74. The molecule has 0 unspecified atom stereocenters. The van der Waals surface area contributed by atoms with Crippen molar-refractivity contribution in [3.05, 3.63) is 40.3 Å². The number of thiazole rings is 1. The van der Waals surface area contributed by atoms with Crippen LogP contribution < -0.4 is 0 Å². The van der Waals surface area contributed by atoms with Gasteiger partial charge in [-0.05, 0) is 69.3 Å². The maximum absolute atomic E-state index is 12.2. The molecule has 0 atom stereocenters. The van der Waals surface area contributed by atoms with E-state index in [1.165, 1.54) is 48.3 Å². The molecule has 2 aliphatic rings. The molecular weight excluding hydrogens is 440 g/mol. The van der Waals surface area contributed by atoms with Crippen LogP contribution in [0.3, 0.4) is 0 Å². The van der Waals surface area contributed by atoms with E-state index in [-0.39, 0.29) is 5.75 Å². The average molecular weight is 473 g/mol. The van der Waals surface area contributed by atoms with Gasteiger partial charge in [-0.2, -0.15) is 0 Å². The lowest BCUT2D eigenvalue weighted by Crippen LogP contribution is -2.38. The zero-order valence-electron chi connectivity index (χ0n) is 18.7. The molecule has 0 bridgehead atoms. The Labute approximate surface area is 194 Å². The number of H-pyrrole nitrogens is 1. The van der Waals surface area contributed by atoms with Gasteiger partial charge in [0.15, 0.2) is 0 Å². The first-order valence-electron chi connectivity index (χ1n) is 11.8. The summed E-state index contributed by atoms with van der Waals surface area (Å²) in [7, 11) is -3.09. The summed E-state index contributed by atoms with van der Waals surface area (Å²) in [5, 5.41) is 4.62. The standard InChI is InChI=1S/C24H32N4O2S2/c1-2-32(29,30)28-12-8-18(9-13-28)21-15-25-22-7-6-19(14-20(21)22)23-17-31-24(26-23)16-27-10-4-3-5-11-27/h6-7,14-15,17-18,25H,2-5,8-13,16H2,1H3. The molecule has 0 amide bonds. The van der Waals surface area contributed by atoms with E-state index < -0.39 is 10.0 Å². The summed E-state index contributed by atoms with van der Waals surface area (Å²) < 4.78 is 26.1. The largest absolute Gasteiger partial charge is 0.361 e. The Hall–Kier alpha value is -1.74. The minimum absolute atomic E-state index is 0.182. The smallest absolute Gasteiger partial charge is 0.213 e. The van der Waals surface area contributed by atoms with Gasteiger partial charge in [0.1, 0.15) is 5.01 Å². The van der Waals surface area contributed by atoms with Crippen LogP contribution in [0.25, 0.3) is 22.2 Å². The highest BCUT2D eigenvalue weighted by Gasteiger charge is 2.28. The summed E-state index contributed by atoms with van der Waals surface area (Å²) in [6, 6.07) is 6.56. The normalized spacial score (nSPS) is 19.7. The Kier molecular flexibility index (Phi) is 6.38. The first-order chi connectivity index (χ1) is 15.5. The van der Waals surface area contributed by atoms with Crippen LogP contribution in [0.2, 0.25) is 0 Å². The highest BCUT2D eigenvalue weighted by molar-refractivity contribution is 7.89. The fourth-order valence-electron chi connectivity index (χ4n) is 5.09. The number of rotatable bonds is 6. The van der Waals surface area contributed by atoms with Crippen molar-refractivity contribution < 1.29 is 8.42 Å². The molecule has 0 aliphatic carbocycles. The fourth-order valence-corrected chi connectivity index (χ4v) is 7.07.